The first-order valence-electron chi connectivity index (χ1n) is 16.3. The largest absolute Gasteiger partial charge is 0.309 e. The number of aromatic nitrogens is 2. The standard InChI is InChI=1S/C45H25N5/c46-26-29-22-23-43-39(24-29)37-18-9-12-32(28-48)45(37)49(43)33-13-7-10-30(25-33)34-17-8-11-31(27-47)44(34)38-16-3-6-21-42(38)50-40-19-4-1-14-35(40)36-15-2-5-20-41(36)50/h1-25H. The summed E-state index contributed by atoms with van der Waals surface area (Å²) in [5, 5.41) is 34.5. The number of nitrogens with zero attached hydrogens (tertiary/aromatic N) is 5. The van der Waals surface area contributed by atoms with Crippen molar-refractivity contribution in [2.45, 2.75) is 0 Å². The molecule has 0 radical (unpaired) electrons. The van der Waals surface area contributed by atoms with Crippen molar-refractivity contribution in [3.8, 4) is 51.8 Å². The third-order valence-electron chi connectivity index (χ3n) is 9.63. The number of rotatable bonds is 4. The topological polar surface area (TPSA) is 81.2 Å². The molecule has 9 rings (SSSR count). The number of fused-ring (bicyclic) bond motifs is 6. The molecule has 5 nitrogen and oxygen atoms in total. The van der Waals surface area contributed by atoms with Gasteiger partial charge in [0.2, 0.25) is 0 Å². The van der Waals surface area contributed by atoms with Crippen molar-refractivity contribution in [1.29, 1.82) is 15.8 Å². The van der Waals surface area contributed by atoms with E-state index >= 15 is 0 Å². The van der Waals surface area contributed by atoms with Crippen molar-refractivity contribution in [2.75, 3.05) is 0 Å². The van der Waals surface area contributed by atoms with Crippen molar-refractivity contribution >= 4 is 43.6 Å². The smallest absolute Gasteiger partial charge is 0.101 e. The van der Waals surface area contributed by atoms with Gasteiger partial charge in [-0.25, -0.2) is 0 Å². The van der Waals surface area contributed by atoms with Crippen molar-refractivity contribution in [3.05, 3.63) is 168 Å². The zero-order chi connectivity index (χ0) is 33.8. The lowest BCUT2D eigenvalue weighted by atomic mass is 9.89. The van der Waals surface area contributed by atoms with Crippen LogP contribution in [0.4, 0.5) is 0 Å². The number of hydrogen-bond donors (Lipinski definition) is 0. The molecule has 0 aliphatic heterocycles. The van der Waals surface area contributed by atoms with E-state index in [0.29, 0.717) is 16.7 Å². The molecule has 0 N–H and O–H groups in total. The second-order valence-corrected chi connectivity index (χ2v) is 12.3. The normalized spacial score (nSPS) is 11.1. The van der Waals surface area contributed by atoms with Gasteiger partial charge in [-0.15, -0.1) is 0 Å². The highest BCUT2D eigenvalue weighted by Gasteiger charge is 2.21. The molecule has 7 aromatic carbocycles. The lowest BCUT2D eigenvalue weighted by molar-refractivity contribution is 1.17. The number of benzene rings is 7. The van der Waals surface area contributed by atoms with Crippen LogP contribution in [-0.2, 0) is 0 Å². The Balaban J connectivity index is 1.31. The van der Waals surface area contributed by atoms with Gasteiger partial charge in [0.05, 0.1) is 56.6 Å². The monoisotopic (exact) mass is 635 g/mol. The van der Waals surface area contributed by atoms with Gasteiger partial charge >= 0.3 is 0 Å². The molecule has 2 aromatic heterocycles. The number of para-hydroxylation sites is 4. The molecule has 0 fully saturated rings. The number of hydrogen-bond acceptors (Lipinski definition) is 3. The predicted octanol–water partition coefficient (Wildman–Crippen LogP) is 10.8. The Morgan fingerprint density at radius 3 is 1.80 bits per heavy atom. The Kier molecular flexibility index (Phi) is 6.56. The zero-order valence-electron chi connectivity index (χ0n) is 26.7. The van der Waals surface area contributed by atoms with Crippen LogP contribution < -0.4 is 0 Å². The molecular weight excluding hydrogens is 611 g/mol. The Labute approximate surface area is 287 Å². The van der Waals surface area contributed by atoms with Crippen molar-refractivity contribution in [3.63, 3.8) is 0 Å². The minimum Gasteiger partial charge on any atom is -0.309 e. The molecule has 0 atom stereocenters. The van der Waals surface area contributed by atoms with Crippen LogP contribution in [0, 0.1) is 34.0 Å². The van der Waals surface area contributed by atoms with Gasteiger partial charge in [0.25, 0.3) is 0 Å². The Morgan fingerprint density at radius 2 is 1.04 bits per heavy atom. The summed E-state index contributed by atoms with van der Waals surface area (Å²) >= 11 is 0. The Bertz CT molecular complexity index is 2920. The van der Waals surface area contributed by atoms with E-state index in [1.807, 2.05) is 72.8 Å². The molecule has 0 aliphatic carbocycles. The van der Waals surface area contributed by atoms with E-state index in [1.54, 1.807) is 0 Å². The zero-order valence-corrected chi connectivity index (χ0v) is 26.7. The predicted molar refractivity (Wildman–Crippen MR) is 200 cm³/mol. The van der Waals surface area contributed by atoms with Crippen LogP contribution in [0.25, 0.3) is 77.2 Å². The maximum atomic E-state index is 10.5. The average Bonchev–Trinajstić information content (AvgIpc) is 3.70. The molecule has 0 saturated heterocycles. The molecule has 9 aromatic rings. The third-order valence-corrected chi connectivity index (χ3v) is 9.63. The maximum absolute atomic E-state index is 10.5. The average molecular weight is 636 g/mol. The molecule has 2 heterocycles. The second kappa shape index (κ2) is 11.4. The summed E-state index contributed by atoms with van der Waals surface area (Å²) in [5.74, 6) is 0. The quantitative estimate of drug-likeness (QED) is 0.193. The fourth-order valence-corrected chi connectivity index (χ4v) is 7.55. The fourth-order valence-electron chi connectivity index (χ4n) is 7.55. The van der Waals surface area contributed by atoms with Gasteiger partial charge in [-0.1, -0.05) is 91.0 Å². The second-order valence-electron chi connectivity index (χ2n) is 12.3. The van der Waals surface area contributed by atoms with E-state index in [4.69, 9.17) is 0 Å². The molecule has 0 unspecified atom stereocenters. The Hall–Kier alpha value is -7.39. The van der Waals surface area contributed by atoms with Gasteiger partial charge in [0.15, 0.2) is 0 Å². The summed E-state index contributed by atoms with van der Waals surface area (Å²) < 4.78 is 4.40. The van der Waals surface area contributed by atoms with Crippen molar-refractivity contribution in [1.82, 2.24) is 9.13 Å². The Morgan fingerprint density at radius 1 is 0.420 bits per heavy atom. The summed E-state index contributed by atoms with van der Waals surface area (Å²) in [7, 11) is 0. The van der Waals surface area contributed by atoms with Gasteiger partial charge in [-0.3, -0.25) is 0 Å². The summed E-state index contributed by atoms with van der Waals surface area (Å²) in [6.45, 7) is 0. The summed E-state index contributed by atoms with van der Waals surface area (Å²) in [6.07, 6.45) is 0. The lowest BCUT2D eigenvalue weighted by Gasteiger charge is -2.18. The van der Waals surface area contributed by atoms with Gasteiger partial charge in [0, 0.05) is 38.4 Å². The minimum absolute atomic E-state index is 0.551. The van der Waals surface area contributed by atoms with Gasteiger partial charge in [0.1, 0.15) is 6.07 Å². The van der Waals surface area contributed by atoms with Gasteiger partial charge in [-0.05, 0) is 71.8 Å². The highest BCUT2D eigenvalue weighted by Crippen LogP contribution is 2.42. The summed E-state index contributed by atoms with van der Waals surface area (Å²) in [6, 6.07) is 57.8. The SMILES string of the molecule is N#Cc1ccc2c(c1)c1cccc(C#N)c1n2-c1cccc(-c2cccc(C#N)c2-c2ccccc2-n2c3ccccc3c3ccccc32)c1. The van der Waals surface area contributed by atoms with Gasteiger partial charge < -0.3 is 9.13 Å². The van der Waals surface area contributed by atoms with Crippen LogP contribution in [0.5, 0.6) is 0 Å². The number of nitriles is 3. The van der Waals surface area contributed by atoms with E-state index in [1.165, 1.54) is 10.8 Å². The van der Waals surface area contributed by atoms with Crippen molar-refractivity contribution in [2.24, 2.45) is 0 Å². The molecule has 0 aliphatic rings. The van der Waals surface area contributed by atoms with Crippen LogP contribution in [0.2, 0.25) is 0 Å². The van der Waals surface area contributed by atoms with E-state index in [-0.39, 0.29) is 0 Å². The molecule has 0 saturated carbocycles. The molecule has 0 amide bonds. The first kappa shape index (κ1) is 28.8. The van der Waals surface area contributed by atoms with Crippen LogP contribution in [0.3, 0.4) is 0 Å². The van der Waals surface area contributed by atoms with Crippen LogP contribution in [-0.4, -0.2) is 9.13 Å². The minimum atomic E-state index is 0.551. The lowest BCUT2D eigenvalue weighted by Crippen LogP contribution is -2.00. The van der Waals surface area contributed by atoms with E-state index < -0.39 is 0 Å². The van der Waals surface area contributed by atoms with Gasteiger partial charge in [-0.2, -0.15) is 15.8 Å². The first-order chi connectivity index (χ1) is 24.7. The van der Waals surface area contributed by atoms with E-state index in [9.17, 15) is 15.8 Å². The summed E-state index contributed by atoms with van der Waals surface area (Å²) in [5.41, 5.74) is 11.1. The third kappa shape index (κ3) is 4.24. The van der Waals surface area contributed by atoms with Crippen LogP contribution >= 0.6 is 0 Å². The van der Waals surface area contributed by atoms with Crippen LogP contribution in [0.15, 0.2) is 152 Å². The van der Waals surface area contributed by atoms with E-state index in [2.05, 4.69) is 106 Å². The highest BCUT2D eigenvalue weighted by molar-refractivity contribution is 6.12. The molecular formula is C45H25N5. The van der Waals surface area contributed by atoms with E-state index in [0.717, 1.165) is 66.5 Å². The molecule has 230 valence electrons. The van der Waals surface area contributed by atoms with Crippen LogP contribution in [0.1, 0.15) is 16.7 Å². The molecule has 5 heteroatoms. The summed E-state index contributed by atoms with van der Waals surface area (Å²) in [4.78, 5) is 0. The van der Waals surface area contributed by atoms with Crippen molar-refractivity contribution < 1.29 is 0 Å². The first-order valence-corrected chi connectivity index (χ1v) is 16.3. The molecule has 50 heavy (non-hydrogen) atoms. The molecule has 0 spiro atoms. The highest BCUT2D eigenvalue weighted by atomic mass is 15.0. The molecule has 0 bridgehead atoms. The fraction of sp³-hybridized carbons (Fsp3) is 0. The maximum Gasteiger partial charge on any atom is 0.101 e.